The van der Waals surface area contributed by atoms with Gasteiger partial charge in [-0.25, -0.2) is 9.66 Å². The van der Waals surface area contributed by atoms with Gasteiger partial charge in [0.05, 0.1) is 17.3 Å². The zero-order chi connectivity index (χ0) is 14.8. The molecule has 106 valence electrons. The van der Waals surface area contributed by atoms with E-state index in [0.29, 0.717) is 16.7 Å². The Morgan fingerprint density at radius 2 is 2.10 bits per heavy atom. The van der Waals surface area contributed by atoms with E-state index < -0.39 is 0 Å². The molecule has 0 saturated heterocycles. The molecule has 0 spiro atoms. The second kappa shape index (κ2) is 5.49. The van der Waals surface area contributed by atoms with E-state index in [1.165, 1.54) is 16.0 Å². The van der Waals surface area contributed by atoms with E-state index in [2.05, 4.69) is 10.4 Å². The van der Waals surface area contributed by atoms with E-state index in [1.54, 1.807) is 25.1 Å². The summed E-state index contributed by atoms with van der Waals surface area (Å²) in [5.41, 5.74) is 2.98. The minimum absolute atomic E-state index is 0.236. The molecule has 2 heterocycles. The van der Waals surface area contributed by atoms with Crippen molar-refractivity contribution < 1.29 is 4.79 Å². The highest BCUT2D eigenvalue weighted by atomic mass is 32.1. The summed E-state index contributed by atoms with van der Waals surface area (Å²) in [5, 5.41) is 2.40. The SMILES string of the molecule is Cc1nc2ccccc2c(=O)n1NC(=O)Cc1cccs1. The quantitative estimate of drug-likeness (QED) is 0.805. The summed E-state index contributed by atoms with van der Waals surface area (Å²) < 4.78 is 1.21. The lowest BCUT2D eigenvalue weighted by Crippen LogP contribution is -2.36. The first kappa shape index (κ1) is 13.5. The summed E-state index contributed by atoms with van der Waals surface area (Å²) in [6.45, 7) is 1.69. The first-order valence-electron chi connectivity index (χ1n) is 6.46. The monoisotopic (exact) mass is 299 g/mol. The highest BCUT2D eigenvalue weighted by molar-refractivity contribution is 7.10. The molecule has 5 nitrogen and oxygen atoms in total. The number of nitrogens with zero attached hydrogens (tertiary/aromatic N) is 2. The van der Waals surface area contributed by atoms with Crippen LogP contribution in [0.1, 0.15) is 10.7 Å². The van der Waals surface area contributed by atoms with E-state index in [-0.39, 0.29) is 17.9 Å². The van der Waals surface area contributed by atoms with Crippen LogP contribution in [0.25, 0.3) is 10.9 Å². The number of benzene rings is 1. The Bertz CT molecular complexity index is 853. The second-order valence-electron chi connectivity index (χ2n) is 4.61. The van der Waals surface area contributed by atoms with Gasteiger partial charge in [-0.15, -0.1) is 11.3 Å². The number of carbonyl (C=O) groups is 1. The fourth-order valence-electron chi connectivity index (χ4n) is 2.11. The molecule has 21 heavy (non-hydrogen) atoms. The normalized spacial score (nSPS) is 10.7. The minimum Gasteiger partial charge on any atom is -0.273 e. The van der Waals surface area contributed by atoms with Crippen LogP contribution in [-0.2, 0) is 11.2 Å². The number of rotatable bonds is 3. The van der Waals surface area contributed by atoms with Crippen molar-refractivity contribution in [2.24, 2.45) is 0 Å². The van der Waals surface area contributed by atoms with Crippen molar-refractivity contribution in [1.29, 1.82) is 0 Å². The predicted molar refractivity (Wildman–Crippen MR) is 83.1 cm³/mol. The van der Waals surface area contributed by atoms with Gasteiger partial charge in [-0.3, -0.25) is 15.0 Å². The average Bonchev–Trinajstić information content (AvgIpc) is 2.96. The van der Waals surface area contributed by atoms with Crippen molar-refractivity contribution in [2.75, 3.05) is 5.43 Å². The molecule has 0 bridgehead atoms. The van der Waals surface area contributed by atoms with E-state index in [1.807, 2.05) is 23.6 Å². The molecule has 0 aliphatic rings. The largest absolute Gasteiger partial charge is 0.280 e. The van der Waals surface area contributed by atoms with Crippen molar-refractivity contribution in [1.82, 2.24) is 9.66 Å². The van der Waals surface area contributed by atoms with Crippen LogP contribution in [0.4, 0.5) is 0 Å². The lowest BCUT2D eigenvalue weighted by atomic mass is 10.2. The third-order valence-electron chi connectivity index (χ3n) is 3.09. The molecule has 0 atom stereocenters. The first-order chi connectivity index (χ1) is 10.1. The number of hydrogen-bond donors (Lipinski definition) is 1. The van der Waals surface area contributed by atoms with Gasteiger partial charge >= 0.3 is 0 Å². The highest BCUT2D eigenvalue weighted by Crippen LogP contribution is 2.09. The molecule has 2 aromatic heterocycles. The van der Waals surface area contributed by atoms with E-state index in [9.17, 15) is 9.59 Å². The zero-order valence-electron chi connectivity index (χ0n) is 11.4. The lowest BCUT2D eigenvalue weighted by Gasteiger charge is -2.11. The van der Waals surface area contributed by atoms with Gasteiger partial charge in [-0.1, -0.05) is 18.2 Å². The van der Waals surface area contributed by atoms with Gasteiger partial charge in [0, 0.05) is 4.88 Å². The molecule has 0 aliphatic carbocycles. The van der Waals surface area contributed by atoms with Gasteiger partial charge in [0.2, 0.25) is 5.91 Å². The van der Waals surface area contributed by atoms with Crippen LogP contribution in [0.3, 0.4) is 0 Å². The maximum absolute atomic E-state index is 12.4. The van der Waals surface area contributed by atoms with E-state index >= 15 is 0 Å². The van der Waals surface area contributed by atoms with Crippen LogP contribution >= 0.6 is 11.3 Å². The number of hydrogen-bond acceptors (Lipinski definition) is 4. The number of para-hydroxylation sites is 1. The summed E-state index contributed by atoms with van der Waals surface area (Å²) >= 11 is 1.51. The van der Waals surface area contributed by atoms with Crippen molar-refractivity contribution in [3.8, 4) is 0 Å². The van der Waals surface area contributed by atoms with Gasteiger partial charge in [0.1, 0.15) is 5.82 Å². The summed E-state index contributed by atoms with van der Waals surface area (Å²) in [6, 6.07) is 10.9. The van der Waals surface area contributed by atoms with Gasteiger partial charge in [0.25, 0.3) is 5.56 Å². The Hall–Kier alpha value is -2.47. The van der Waals surface area contributed by atoms with Crippen molar-refractivity contribution in [3.05, 3.63) is 62.8 Å². The molecule has 0 unspecified atom stereocenters. The van der Waals surface area contributed by atoms with Crippen molar-refractivity contribution in [2.45, 2.75) is 13.3 Å². The fraction of sp³-hybridized carbons (Fsp3) is 0.133. The second-order valence-corrected chi connectivity index (χ2v) is 5.64. The zero-order valence-corrected chi connectivity index (χ0v) is 12.2. The van der Waals surface area contributed by atoms with Gasteiger partial charge in [0.15, 0.2) is 0 Å². The number of fused-ring (bicyclic) bond motifs is 1. The number of amides is 1. The average molecular weight is 299 g/mol. The first-order valence-corrected chi connectivity index (χ1v) is 7.34. The summed E-state index contributed by atoms with van der Waals surface area (Å²) in [6.07, 6.45) is 0.246. The number of aryl methyl sites for hydroxylation is 1. The molecule has 0 saturated carbocycles. The maximum atomic E-state index is 12.4. The smallest absolute Gasteiger partial charge is 0.273 e. The van der Waals surface area contributed by atoms with Crippen LogP contribution in [0, 0.1) is 6.92 Å². The molecule has 1 amide bonds. The Morgan fingerprint density at radius 1 is 1.29 bits per heavy atom. The van der Waals surface area contributed by atoms with Crippen LogP contribution < -0.4 is 11.0 Å². The Morgan fingerprint density at radius 3 is 2.86 bits per heavy atom. The molecule has 3 aromatic rings. The van der Waals surface area contributed by atoms with E-state index in [0.717, 1.165) is 4.88 Å². The summed E-state index contributed by atoms with van der Waals surface area (Å²) in [7, 11) is 0. The third kappa shape index (κ3) is 2.71. The number of carbonyl (C=O) groups excluding carboxylic acids is 1. The lowest BCUT2D eigenvalue weighted by molar-refractivity contribution is -0.116. The Balaban J connectivity index is 1.93. The van der Waals surface area contributed by atoms with E-state index in [4.69, 9.17) is 0 Å². The molecular weight excluding hydrogens is 286 g/mol. The van der Waals surface area contributed by atoms with Gasteiger partial charge in [-0.2, -0.15) is 0 Å². The number of aromatic nitrogens is 2. The number of thiophene rings is 1. The molecule has 0 aliphatic heterocycles. The minimum atomic E-state index is -0.266. The predicted octanol–water partition coefficient (Wildman–Crippen LogP) is 2.08. The Kier molecular flexibility index (Phi) is 3.53. The molecule has 6 heteroatoms. The maximum Gasteiger partial charge on any atom is 0.280 e. The van der Waals surface area contributed by atoms with Crippen LogP contribution in [0.2, 0.25) is 0 Å². The van der Waals surface area contributed by atoms with Crippen LogP contribution in [0.15, 0.2) is 46.6 Å². The molecular formula is C15H13N3O2S. The molecule has 1 N–H and O–H groups in total. The van der Waals surface area contributed by atoms with Crippen molar-refractivity contribution in [3.63, 3.8) is 0 Å². The molecule has 0 radical (unpaired) electrons. The summed E-state index contributed by atoms with van der Waals surface area (Å²) in [4.78, 5) is 29.7. The van der Waals surface area contributed by atoms with Gasteiger partial charge in [-0.05, 0) is 30.5 Å². The molecule has 1 aromatic carbocycles. The highest BCUT2D eigenvalue weighted by Gasteiger charge is 2.11. The van der Waals surface area contributed by atoms with Gasteiger partial charge < -0.3 is 0 Å². The van der Waals surface area contributed by atoms with Crippen LogP contribution in [0.5, 0.6) is 0 Å². The molecule has 3 rings (SSSR count). The van der Waals surface area contributed by atoms with Crippen LogP contribution in [-0.4, -0.2) is 15.6 Å². The Labute approximate surface area is 124 Å². The number of nitrogens with one attached hydrogen (secondary N) is 1. The molecule has 0 fully saturated rings. The van der Waals surface area contributed by atoms with Crippen molar-refractivity contribution >= 4 is 28.1 Å². The summed E-state index contributed by atoms with van der Waals surface area (Å²) in [5.74, 6) is 0.220. The fourth-order valence-corrected chi connectivity index (χ4v) is 2.81. The standard InChI is InChI=1S/C15H13N3O2S/c1-10-16-13-7-3-2-6-12(13)15(20)18(10)17-14(19)9-11-5-4-8-21-11/h2-8H,9H2,1H3,(H,17,19). The topological polar surface area (TPSA) is 64.0 Å². The third-order valence-corrected chi connectivity index (χ3v) is 3.97.